The van der Waals surface area contributed by atoms with Gasteiger partial charge in [-0.15, -0.1) is 11.3 Å². The minimum atomic E-state index is -0.185. The minimum Gasteiger partial charge on any atom is -0.497 e. The lowest BCUT2D eigenvalue weighted by molar-refractivity contribution is 0.102. The van der Waals surface area contributed by atoms with Gasteiger partial charge in [0.15, 0.2) is 0 Å². The highest BCUT2D eigenvalue weighted by Crippen LogP contribution is 2.19. The molecule has 1 aromatic heterocycles. The predicted octanol–water partition coefficient (Wildman–Crippen LogP) is 4.29. The lowest BCUT2D eigenvalue weighted by Crippen LogP contribution is -2.11. The number of ether oxygens (including phenoxy) is 2. The van der Waals surface area contributed by atoms with E-state index in [9.17, 15) is 4.79 Å². The van der Waals surface area contributed by atoms with Crippen LogP contribution in [-0.4, -0.2) is 18.0 Å². The van der Waals surface area contributed by atoms with Gasteiger partial charge in [-0.1, -0.05) is 6.07 Å². The number of nitrogens with one attached hydrogen (secondary N) is 1. The fraction of sp³-hybridized carbons (Fsp3) is 0.158. The molecule has 1 heterocycles. The van der Waals surface area contributed by atoms with Crippen LogP contribution in [0.15, 0.2) is 53.9 Å². The first-order valence-corrected chi connectivity index (χ1v) is 8.61. The number of hydrogen-bond acceptors (Lipinski definition) is 5. The van der Waals surface area contributed by atoms with Gasteiger partial charge < -0.3 is 14.8 Å². The van der Waals surface area contributed by atoms with Crippen molar-refractivity contribution in [2.75, 3.05) is 12.4 Å². The van der Waals surface area contributed by atoms with E-state index < -0.39 is 0 Å². The van der Waals surface area contributed by atoms with E-state index in [1.54, 1.807) is 48.8 Å². The summed E-state index contributed by atoms with van der Waals surface area (Å²) in [5, 5.41) is 5.76. The Labute approximate surface area is 150 Å². The van der Waals surface area contributed by atoms with Gasteiger partial charge in [-0.2, -0.15) is 0 Å². The van der Waals surface area contributed by atoms with Crippen LogP contribution < -0.4 is 14.8 Å². The van der Waals surface area contributed by atoms with Crippen LogP contribution in [0.3, 0.4) is 0 Å². The SMILES string of the molecule is COc1cccc(NC(=O)c2ccc(OCc3nc(C)cs3)cc2)c1. The summed E-state index contributed by atoms with van der Waals surface area (Å²) in [7, 11) is 1.59. The zero-order chi connectivity index (χ0) is 17.6. The molecule has 0 spiro atoms. The molecule has 6 heteroatoms. The number of amides is 1. The molecule has 2 aromatic carbocycles. The van der Waals surface area contributed by atoms with E-state index in [2.05, 4.69) is 10.3 Å². The van der Waals surface area contributed by atoms with Crippen LogP contribution in [0.5, 0.6) is 11.5 Å². The summed E-state index contributed by atoms with van der Waals surface area (Å²) < 4.78 is 10.8. The maximum Gasteiger partial charge on any atom is 0.255 e. The molecule has 0 fully saturated rings. The van der Waals surface area contributed by atoms with Crippen LogP contribution in [0.25, 0.3) is 0 Å². The lowest BCUT2D eigenvalue weighted by atomic mass is 10.2. The van der Waals surface area contributed by atoms with Gasteiger partial charge in [-0.3, -0.25) is 4.79 Å². The topological polar surface area (TPSA) is 60.5 Å². The van der Waals surface area contributed by atoms with Gasteiger partial charge in [0.25, 0.3) is 5.91 Å². The number of aromatic nitrogens is 1. The van der Waals surface area contributed by atoms with Gasteiger partial charge in [0.1, 0.15) is 23.1 Å². The van der Waals surface area contributed by atoms with Crippen molar-refractivity contribution in [2.24, 2.45) is 0 Å². The zero-order valence-electron chi connectivity index (χ0n) is 14.0. The third kappa shape index (κ3) is 4.58. The van der Waals surface area contributed by atoms with Crippen LogP contribution >= 0.6 is 11.3 Å². The van der Waals surface area contributed by atoms with Gasteiger partial charge in [0.2, 0.25) is 0 Å². The fourth-order valence-electron chi connectivity index (χ4n) is 2.22. The second-order valence-electron chi connectivity index (χ2n) is 5.38. The van der Waals surface area contributed by atoms with Crippen molar-refractivity contribution in [1.82, 2.24) is 4.98 Å². The summed E-state index contributed by atoms with van der Waals surface area (Å²) in [6.07, 6.45) is 0. The molecular formula is C19H18N2O3S. The van der Waals surface area contributed by atoms with Gasteiger partial charge in [0, 0.05) is 28.4 Å². The number of methoxy groups -OCH3 is 1. The van der Waals surface area contributed by atoms with E-state index in [1.165, 1.54) is 0 Å². The van der Waals surface area contributed by atoms with E-state index in [1.807, 2.05) is 30.5 Å². The average Bonchev–Trinajstić information content (AvgIpc) is 3.06. The van der Waals surface area contributed by atoms with E-state index in [0.717, 1.165) is 10.7 Å². The molecule has 0 aliphatic heterocycles. The maximum absolute atomic E-state index is 12.3. The Morgan fingerprint density at radius 2 is 1.96 bits per heavy atom. The Bertz CT molecular complexity index is 859. The normalized spacial score (nSPS) is 10.3. The number of carbonyl (C=O) groups is 1. The summed E-state index contributed by atoms with van der Waals surface area (Å²) in [5.41, 5.74) is 2.23. The molecule has 25 heavy (non-hydrogen) atoms. The molecule has 0 bridgehead atoms. The van der Waals surface area contributed by atoms with Gasteiger partial charge in [0.05, 0.1) is 7.11 Å². The van der Waals surface area contributed by atoms with Crippen LogP contribution in [0.1, 0.15) is 21.1 Å². The molecule has 0 unspecified atom stereocenters. The highest BCUT2D eigenvalue weighted by atomic mass is 32.1. The summed E-state index contributed by atoms with van der Waals surface area (Å²) in [6.45, 7) is 2.38. The molecule has 1 amide bonds. The molecule has 0 atom stereocenters. The van der Waals surface area contributed by atoms with Gasteiger partial charge >= 0.3 is 0 Å². The molecule has 0 saturated heterocycles. The Kier molecular flexibility index (Phi) is 5.30. The number of hydrogen-bond donors (Lipinski definition) is 1. The van der Waals surface area contributed by atoms with E-state index in [-0.39, 0.29) is 5.91 Å². The van der Waals surface area contributed by atoms with Gasteiger partial charge in [-0.05, 0) is 43.3 Å². The molecule has 0 saturated carbocycles. The quantitative estimate of drug-likeness (QED) is 0.717. The van der Waals surface area contributed by atoms with E-state index in [0.29, 0.717) is 29.4 Å². The Hall–Kier alpha value is -2.86. The molecular weight excluding hydrogens is 336 g/mol. The summed E-state index contributed by atoms with van der Waals surface area (Å²) in [4.78, 5) is 16.7. The summed E-state index contributed by atoms with van der Waals surface area (Å²) in [5.74, 6) is 1.21. The van der Waals surface area contributed by atoms with Crippen molar-refractivity contribution in [3.63, 3.8) is 0 Å². The number of benzene rings is 2. The molecule has 0 radical (unpaired) electrons. The Balaban J connectivity index is 1.60. The zero-order valence-corrected chi connectivity index (χ0v) is 14.8. The van der Waals surface area contributed by atoms with E-state index >= 15 is 0 Å². The predicted molar refractivity (Wildman–Crippen MR) is 98.6 cm³/mol. The maximum atomic E-state index is 12.3. The number of thiazole rings is 1. The minimum absolute atomic E-state index is 0.185. The number of rotatable bonds is 6. The Morgan fingerprint density at radius 3 is 2.64 bits per heavy atom. The molecule has 128 valence electrons. The van der Waals surface area contributed by atoms with Crippen LogP contribution in [-0.2, 0) is 6.61 Å². The molecule has 1 N–H and O–H groups in total. The van der Waals surface area contributed by atoms with Crippen LogP contribution in [0.2, 0.25) is 0 Å². The lowest BCUT2D eigenvalue weighted by Gasteiger charge is -2.08. The molecule has 0 aliphatic rings. The second kappa shape index (κ2) is 7.81. The average molecular weight is 354 g/mol. The fourth-order valence-corrected chi connectivity index (χ4v) is 2.90. The van der Waals surface area contributed by atoms with Crippen molar-refractivity contribution in [1.29, 1.82) is 0 Å². The summed E-state index contributed by atoms with van der Waals surface area (Å²) >= 11 is 1.57. The highest BCUT2D eigenvalue weighted by Gasteiger charge is 2.07. The molecule has 0 aliphatic carbocycles. The molecule has 3 aromatic rings. The first-order valence-electron chi connectivity index (χ1n) is 7.73. The number of anilines is 1. The monoisotopic (exact) mass is 354 g/mol. The largest absolute Gasteiger partial charge is 0.497 e. The van der Waals surface area contributed by atoms with E-state index in [4.69, 9.17) is 9.47 Å². The second-order valence-corrected chi connectivity index (χ2v) is 6.32. The van der Waals surface area contributed by atoms with Crippen LogP contribution in [0, 0.1) is 6.92 Å². The third-order valence-electron chi connectivity index (χ3n) is 3.47. The first-order chi connectivity index (χ1) is 12.1. The number of carbonyl (C=O) groups excluding carboxylic acids is 1. The molecule has 3 rings (SSSR count). The van der Waals surface area contributed by atoms with Crippen molar-refractivity contribution in [3.8, 4) is 11.5 Å². The van der Waals surface area contributed by atoms with Crippen molar-refractivity contribution in [2.45, 2.75) is 13.5 Å². The number of aryl methyl sites for hydroxylation is 1. The van der Waals surface area contributed by atoms with Crippen LogP contribution in [0.4, 0.5) is 5.69 Å². The van der Waals surface area contributed by atoms with Gasteiger partial charge in [-0.25, -0.2) is 4.98 Å². The van der Waals surface area contributed by atoms with Crippen molar-refractivity contribution in [3.05, 3.63) is 70.2 Å². The Morgan fingerprint density at radius 1 is 1.16 bits per heavy atom. The third-order valence-corrected chi connectivity index (χ3v) is 4.41. The first kappa shape index (κ1) is 17.0. The summed E-state index contributed by atoms with van der Waals surface area (Å²) in [6, 6.07) is 14.3. The highest BCUT2D eigenvalue weighted by molar-refractivity contribution is 7.09. The molecule has 5 nitrogen and oxygen atoms in total. The smallest absolute Gasteiger partial charge is 0.255 e. The van der Waals surface area contributed by atoms with Crippen molar-refractivity contribution < 1.29 is 14.3 Å². The number of nitrogens with zero attached hydrogens (tertiary/aromatic N) is 1. The van der Waals surface area contributed by atoms with Crippen molar-refractivity contribution >= 4 is 22.9 Å². The standard InChI is InChI=1S/C19H18N2O3S/c1-13-12-25-18(20-13)11-24-16-8-6-14(7-9-16)19(22)21-15-4-3-5-17(10-15)23-2/h3-10,12H,11H2,1-2H3,(H,21,22).